The van der Waals surface area contributed by atoms with Gasteiger partial charge in [-0.05, 0) is 36.6 Å². The highest BCUT2D eigenvalue weighted by molar-refractivity contribution is 6.14. The maximum atomic E-state index is 13.1. The molecule has 1 aliphatic rings. The summed E-state index contributed by atoms with van der Waals surface area (Å²) in [5, 5.41) is 9.27. The van der Waals surface area contributed by atoms with Crippen molar-refractivity contribution in [1.82, 2.24) is 9.78 Å². The topological polar surface area (TPSA) is 65.4 Å². The lowest BCUT2D eigenvalue weighted by Gasteiger charge is -2.22. The van der Waals surface area contributed by atoms with Crippen molar-refractivity contribution in [3.05, 3.63) is 54.4 Å². The first-order chi connectivity index (χ1) is 13.3. The van der Waals surface area contributed by atoms with Gasteiger partial charge in [0.2, 0.25) is 0 Å². The Morgan fingerprint density at radius 1 is 1.26 bits per heavy atom. The molecule has 1 fully saturated rings. The molecule has 4 rings (SSSR count). The lowest BCUT2D eigenvalue weighted by atomic mass is 10.0. The molecule has 0 radical (unpaired) electrons. The van der Waals surface area contributed by atoms with E-state index in [9.17, 15) is 4.79 Å². The van der Waals surface area contributed by atoms with Gasteiger partial charge in [0, 0.05) is 19.4 Å². The van der Waals surface area contributed by atoms with Gasteiger partial charge in [-0.1, -0.05) is 30.3 Å². The van der Waals surface area contributed by atoms with Gasteiger partial charge in [0.1, 0.15) is 5.75 Å². The van der Waals surface area contributed by atoms with E-state index in [1.807, 2.05) is 54.2 Å². The van der Waals surface area contributed by atoms with Crippen LogP contribution in [0.25, 0.3) is 10.8 Å². The van der Waals surface area contributed by atoms with Crippen molar-refractivity contribution in [2.45, 2.75) is 25.8 Å². The molecule has 0 spiro atoms. The van der Waals surface area contributed by atoms with Gasteiger partial charge in [0.15, 0.2) is 0 Å². The van der Waals surface area contributed by atoms with E-state index >= 15 is 0 Å². The zero-order chi connectivity index (χ0) is 18.6. The van der Waals surface area contributed by atoms with Crippen LogP contribution in [0.2, 0.25) is 0 Å². The molecule has 0 unspecified atom stereocenters. The van der Waals surface area contributed by atoms with Crippen molar-refractivity contribution in [2.24, 2.45) is 0 Å². The van der Waals surface area contributed by atoms with E-state index in [0.717, 1.165) is 36.8 Å². The third kappa shape index (κ3) is 3.66. The Hall–Kier alpha value is -2.86. The first-order valence-electron chi connectivity index (χ1n) is 9.34. The van der Waals surface area contributed by atoms with E-state index in [1.165, 1.54) is 0 Å². The Balaban J connectivity index is 1.61. The van der Waals surface area contributed by atoms with E-state index in [2.05, 4.69) is 10.4 Å². The summed E-state index contributed by atoms with van der Waals surface area (Å²) in [6.07, 6.45) is 5.46. The van der Waals surface area contributed by atoms with Crippen molar-refractivity contribution in [3.8, 4) is 5.75 Å². The number of nitrogens with one attached hydrogen (secondary N) is 1. The van der Waals surface area contributed by atoms with Gasteiger partial charge in [-0.3, -0.25) is 9.48 Å². The summed E-state index contributed by atoms with van der Waals surface area (Å²) in [4.78, 5) is 13.1. The molecule has 6 heteroatoms. The summed E-state index contributed by atoms with van der Waals surface area (Å²) >= 11 is 0. The zero-order valence-corrected chi connectivity index (χ0v) is 15.4. The van der Waals surface area contributed by atoms with Crippen LogP contribution < -0.4 is 10.1 Å². The number of fused-ring (bicyclic) bond motifs is 1. The van der Waals surface area contributed by atoms with Gasteiger partial charge in [0.25, 0.3) is 5.91 Å². The SMILES string of the molecule is CCOc1ccc2ccccc2c1C(=O)Nc1cnn(C2CCOCC2)c1. The molecule has 0 bridgehead atoms. The van der Waals surface area contributed by atoms with Crippen LogP contribution in [0, 0.1) is 0 Å². The molecule has 0 atom stereocenters. The van der Waals surface area contributed by atoms with Crippen LogP contribution in [0.1, 0.15) is 36.2 Å². The molecular formula is C21H23N3O3. The Labute approximate surface area is 158 Å². The molecule has 2 aromatic carbocycles. The average molecular weight is 365 g/mol. The summed E-state index contributed by atoms with van der Waals surface area (Å²) in [5.74, 6) is 0.396. The Bertz CT molecular complexity index is 945. The zero-order valence-electron chi connectivity index (χ0n) is 15.4. The molecule has 1 N–H and O–H groups in total. The molecule has 140 valence electrons. The predicted molar refractivity (Wildman–Crippen MR) is 104 cm³/mol. The standard InChI is InChI=1S/C21H23N3O3/c1-2-27-19-8-7-15-5-3-4-6-18(15)20(19)21(25)23-16-13-22-24(14-16)17-9-11-26-12-10-17/h3-8,13-14,17H,2,9-12H2,1H3,(H,23,25). The number of carbonyl (C=O) groups is 1. The second-order valence-corrected chi connectivity index (χ2v) is 6.60. The van der Waals surface area contributed by atoms with Crippen molar-refractivity contribution < 1.29 is 14.3 Å². The van der Waals surface area contributed by atoms with Crippen molar-refractivity contribution in [1.29, 1.82) is 0 Å². The molecule has 6 nitrogen and oxygen atoms in total. The van der Waals surface area contributed by atoms with Crippen LogP contribution in [0.3, 0.4) is 0 Å². The van der Waals surface area contributed by atoms with Gasteiger partial charge >= 0.3 is 0 Å². The number of aromatic nitrogens is 2. The molecule has 1 aliphatic heterocycles. The highest BCUT2D eigenvalue weighted by Gasteiger charge is 2.19. The Kier molecular flexibility index (Phi) is 5.07. The molecule has 0 aliphatic carbocycles. The maximum Gasteiger partial charge on any atom is 0.260 e. The summed E-state index contributed by atoms with van der Waals surface area (Å²) in [5.41, 5.74) is 1.23. The molecule has 1 aromatic heterocycles. The van der Waals surface area contributed by atoms with Gasteiger partial charge < -0.3 is 14.8 Å². The number of hydrogen-bond acceptors (Lipinski definition) is 4. The van der Waals surface area contributed by atoms with E-state index in [0.29, 0.717) is 29.6 Å². The number of ether oxygens (including phenoxy) is 2. The van der Waals surface area contributed by atoms with Crippen molar-refractivity contribution in [2.75, 3.05) is 25.1 Å². The average Bonchev–Trinajstić information content (AvgIpc) is 3.17. The second kappa shape index (κ2) is 7.80. The highest BCUT2D eigenvalue weighted by Crippen LogP contribution is 2.29. The summed E-state index contributed by atoms with van der Waals surface area (Å²) in [7, 11) is 0. The Morgan fingerprint density at radius 2 is 2.07 bits per heavy atom. The van der Waals surface area contributed by atoms with Crippen LogP contribution in [0.5, 0.6) is 5.75 Å². The highest BCUT2D eigenvalue weighted by atomic mass is 16.5. The fourth-order valence-corrected chi connectivity index (χ4v) is 3.51. The van der Waals surface area contributed by atoms with Crippen molar-refractivity contribution >= 4 is 22.4 Å². The first-order valence-corrected chi connectivity index (χ1v) is 9.34. The molecule has 0 saturated carbocycles. The third-order valence-electron chi connectivity index (χ3n) is 4.84. The molecule has 1 saturated heterocycles. The minimum absolute atomic E-state index is 0.193. The van der Waals surface area contributed by atoms with Crippen LogP contribution >= 0.6 is 0 Å². The summed E-state index contributed by atoms with van der Waals surface area (Å²) < 4.78 is 13.0. The van der Waals surface area contributed by atoms with Gasteiger partial charge in [-0.15, -0.1) is 0 Å². The number of anilines is 1. The van der Waals surface area contributed by atoms with Crippen molar-refractivity contribution in [3.63, 3.8) is 0 Å². The number of carbonyl (C=O) groups excluding carboxylic acids is 1. The monoisotopic (exact) mass is 365 g/mol. The number of rotatable bonds is 5. The number of nitrogens with zero attached hydrogens (tertiary/aromatic N) is 2. The minimum Gasteiger partial charge on any atom is -0.493 e. The van der Waals surface area contributed by atoms with Crippen LogP contribution in [0.15, 0.2) is 48.8 Å². The van der Waals surface area contributed by atoms with Gasteiger partial charge in [0.05, 0.1) is 30.1 Å². The summed E-state index contributed by atoms with van der Waals surface area (Å²) in [6.45, 7) is 3.91. The number of hydrogen-bond donors (Lipinski definition) is 1. The van der Waals surface area contributed by atoms with Gasteiger partial charge in [-0.2, -0.15) is 5.10 Å². The molecule has 1 amide bonds. The lowest BCUT2D eigenvalue weighted by Crippen LogP contribution is -2.20. The fraction of sp³-hybridized carbons (Fsp3) is 0.333. The van der Waals surface area contributed by atoms with Crippen LogP contribution in [-0.4, -0.2) is 35.5 Å². The van der Waals surface area contributed by atoms with E-state index in [-0.39, 0.29) is 5.91 Å². The lowest BCUT2D eigenvalue weighted by molar-refractivity contribution is 0.0662. The minimum atomic E-state index is -0.193. The predicted octanol–water partition coefficient (Wildman–Crippen LogP) is 4.04. The quantitative estimate of drug-likeness (QED) is 0.741. The maximum absolute atomic E-state index is 13.1. The molecule has 2 heterocycles. The van der Waals surface area contributed by atoms with E-state index in [1.54, 1.807) is 6.20 Å². The van der Waals surface area contributed by atoms with Gasteiger partial charge in [-0.25, -0.2) is 0 Å². The van der Waals surface area contributed by atoms with E-state index < -0.39 is 0 Å². The fourth-order valence-electron chi connectivity index (χ4n) is 3.51. The van der Waals surface area contributed by atoms with E-state index in [4.69, 9.17) is 9.47 Å². The smallest absolute Gasteiger partial charge is 0.260 e. The third-order valence-corrected chi connectivity index (χ3v) is 4.84. The number of benzene rings is 2. The largest absolute Gasteiger partial charge is 0.493 e. The first kappa shape index (κ1) is 17.5. The molecular weight excluding hydrogens is 342 g/mol. The second-order valence-electron chi connectivity index (χ2n) is 6.60. The summed E-state index contributed by atoms with van der Waals surface area (Å²) in [6, 6.07) is 12.0. The Morgan fingerprint density at radius 3 is 2.89 bits per heavy atom. The number of amides is 1. The van der Waals surface area contributed by atoms with Crippen LogP contribution in [-0.2, 0) is 4.74 Å². The van der Waals surface area contributed by atoms with Crippen LogP contribution in [0.4, 0.5) is 5.69 Å². The normalized spacial score (nSPS) is 15.0. The molecule has 27 heavy (non-hydrogen) atoms. The molecule has 3 aromatic rings.